The minimum Gasteiger partial charge on any atom is -0.495 e. The molecule has 5 nitrogen and oxygen atoms in total. The zero-order valence-corrected chi connectivity index (χ0v) is 13.3. The van der Waals surface area contributed by atoms with Gasteiger partial charge in [-0.2, -0.15) is 0 Å². The maximum atomic E-state index is 12.1. The molecule has 0 fully saturated rings. The molecule has 0 radical (unpaired) electrons. The highest BCUT2D eigenvalue weighted by atomic mass is 35.5. The summed E-state index contributed by atoms with van der Waals surface area (Å²) in [6.07, 6.45) is 0. The lowest BCUT2D eigenvalue weighted by Crippen LogP contribution is -2.45. The number of ether oxygens (including phenoxy) is 1. The van der Waals surface area contributed by atoms with E-state index in [2.05, 4.69) is 4.72 Å². The maximum absolute atomic E-state index is 12.1. The highest BCUT2D eigenvalue weighted by Gasteiger charge is 2.22. The van der Waals surface area contributed by atoms with Crippen LogP contribution in [0, 0.1) is 0 Å². The van der Waals surface area contributed by atoms with Crippen molar-refractivity contribution in [3.8, 4) is 5.75 Å². The van der Waals surface area contributed by atoms with Gasteiger partial charge in [-0.3, -0.25) is 0 Å². The summed E-state index contributed by atoms with van der Waals surface area (Å²) >= 11 is 5.80. The van der Waals surface area contributed by atoms with Crippen molar-refractivity contribution in [2.45, 2.75) is 24.3 Å². The number of benzene rings is 1. The first kappa shape index (κ1) is 18.5. The first-order valence-corrected chi connectivity index (χ1v) is 7.14. The molecular weight excluding hydrogens is 311 g/mol. The Balaban J connectivity index is 0.00000324. The summed E-state index contributed by atoms with van der Waals surface area (Å²) in [5, 5.41) is 0.322. The molecule has 19 heavy (non-hydrogen) atoms. The van der Waals surface area contributed by atoms with Crippen molar-refractivity contribution in [1.82, 2.24) is 4.72 Å². The van der Waals surface area contributed by atoms with Gasteiger partial charge in [-0.25, -0.2) is 13.1 Å². The van der Waals surface area contributed by atoms with E-state index in [1.807, 2.05) is 0 Å². The number of methoxy groups -OCH3 is 1. The average molecular weight is 329 g/mol. The zero-order chi connectivity index (χ0) is 14.0. The van der Waals surface area contributed by atoms with Crippen LogP contribution in [-0.2, 0) is 10.0 Å². The number of hydrogen-bond acceptors (Lipinski definition) is 4. The first-order chi connectivity index (χ1) is 8.15. The first-order valence-electron chi connectivity index (χ1n) is 5.28. The summed E-state index contributed by atoms with van der Waals surface area (Å²) in [6, 6.07) is 4.41. The molecule has 0 aliphatic carbocycles. The van der Waals surface area contributed by atoms with Gasteiger partial charge in [-0.05, 0) is 32.0 Å². The molecule has 0 heterocycles. The Hall–Kier alpha value is -0.530. The second-order valence-electron chi connectivity index (χ2n) is 4.61. The van der Waals surface area contributed by atoms with Gasteiger partial charge < -0.3 is 10.5 Å². The molecule has 0 aliphatic rings. The van der Waals surface area contributed by atoms with Gasteiger partial charge in [0.2, 0.25) is 10.0 Å². The predicted molar refractivity (Wildman–Crippen MR) is 78.7 cm³/mol. The number of sulfonamides is 1. The maximum Gasteiger partial charge on any atom is 0.244 e. The summed E-state index contributed by atoms with van der Waals surface area (Å²) in [4.78, 5) is 0.00162. The van der Waals surface area contributed by atoms with Crippen molar-refractivity contribution in [3.05, 3.63) is 23.2 Å². The fraction of sp³-hybridized carbons (Fsp3) is 0.455. The molecule has 1 rings (SSSR count). The van der Waals surface area contributed by atoms with E-state index in [-0.39, 0.29) is 29.6 Å². The normalized spacial score (nSPS) is 11.8. The van der Waals surface area contributed by atoms with Crippen LogP contribution >= 0.6 is 24.0 Å². The van der Waals surface area contributed by atoms with Gasteiger partial charge in [-0.1, -0.05) is 11.6 Å². The molecule has 0 spiro atoms. The smallest absolute Gasteiger partial charge is 0.244 e. The molecule has 0 saturated heterocycles. The number of hydrogen-bond donors (Lipinski definition) is 2. The predicted octanol–water partition coefficient (Wildman–Crippen LogP) is 1.79. The Morgan fingerprint density at radius 1 is 1.42 bits per heavy atom. The van der Waals surface area contributed by atoms with Gasteiger partial charge in [0.25, 0.3) is 0 Å². The number of rotatable bonds is 5. The molecular formula is C11H18Cl2N2O3S. The van der Waals surface area contributed by atoms with E-state index in [9.17, 15) is 8.42 Å². The SMILES string of the molecule is COc1ccc(Cl)cc1S(=O)(=O)NCC(C)(C)N.Cl. The van der Waals surface area contributed by atoms with Crippen molar-refractivity contribution in [2.75, 3.05) is 13.7 Å². The number of halogens is 2. The second kappa shape index (κ2) is 6.76. The average Bonchev–Trinajstić information content (AvgIpc) is 2.26. The van der Waals surface area contributed by atoms with Gasteiger partial charge >= 0.3 is 0 Å². The van der Waals surface area contributed by atoms with Crippen LogP contribution in [0.5, 0.6) is 5.75 Å². The topological polar surface area (TPSA) is 81.4 Å². The highest BCUT2D eigenvalue weighted by molar-refractivity contribution is 7.89. The molecule has 0 atom stereocenters. The van der Waals surface area contributed by atoms with Crippen LogP contribution in [0.15, 0.2) is 23.1 Å². The molecule has 1 aromatic rings. The molecule has 0 bridgehead atoms. The van der Waals surface area contributed by atoms with Crippen molar-refractivity contribution in [3.63, 3.8) is 0 Å². The lowest BCUT2D eigenvalue weighted by atomic mass is 10.1. The highest BCUT2D eigenvalue weighted by Crippen LogP contribution is 2.26. The molecule has 0 saturated carbocycles. The molecule has 0 unspecified atom stereocenters. The fourth-order valence-corrected chi connectivity index (χ4v) is 2.87. The largest absolute Gasteiger partial charge is 0.495 e. The molecule has 110 valence electrons. The molecule has 0 aromatic heterocycles. The van der Waals surface area contributed by atoms with E-state index >= 15 is 0 Å². The van der Waals surface area contributed by atoms with Crippen LogP contribution in [0.25, 0.3) is 0 Å². The standard InChI is InChI=1S/C11H17ClN2O3S.ClH/c1-11(2,13)7-14-18(15,16)10-6-8(12)4-5-9(10)17-3;/h4-6,14H,7,13H2,1-3H3;1H. The molecule has 0 aliphatic heterocycles. The van der Waals surface area contributed by atoms with Crippen LogP contribution in [0.4, 0.5) is 0 Å². The quantitative estimate of drug-likeness (QED) is 0.863. The van der Waals surface area contributed by atoms with Crippen molar-refractivity contribution >= 4 is 34.0 Å². The van der Waals surface area contributed by atoms with E-state index in [1.165, 1.54) is 19.2 Å². The third kappa shape index (κ3) is 5.54. The monoisotopic (exact) mass is 328 g/mol. The summed E-state index contributed by atoms with van der Waals surface area (Å²) in [6.45, 7) is 3.57. The lowest BCUT2D eigenvalue weighted by molar-refractivity contribution is 0.402. The van der Waals surface area contributed by atoms with Crippen molar-refractivity contribution in [2.24, 2.45) is 5.73 Å². The molecule has 3 N–H and O–H groups in total. The van der Waals surface area contributed by atoms with Crippen molar-refractivity contribution < 1.29 is 13.2 Å². The number of nitrogens with two attached hydrogens (primary N) is 1. The molecule has 8 heteroatoms. The molecule has 1 aromatic carbocycles. The summed E-state index contributed by atoms with van der Waals surface area (Å²) in [7, 11) is -2.30. The Morgan fingerprint density at radius 2 is 2.00 bits per heavy atom. The van der Waals surface area contributed by atoms with Gasteiger partial charge in [0.15, 0.2) is 0 Å². The van der Waals surface area contributed by atoms with Crippen molar-refractivity contribution in [1.29, 1.82) is 0 Å². The Bertz CT molecular complexity index is 527. The Kier molecular flexibility index (Phi) is 6.57. The molecule has 0 amide bonds. The van der Waals surface area contributed by atoms with E-state index in [0.29, 0.717) is 5.02 Å². The fourth-order valence-electron chi connectivity index (χ4n) is 1.22. The Morgan fingerprint density at radius 3 is 2.47 bits per heavy atom. The number of nitrogens with one attached hydrogen (secondary N) is 1. The van der Waals surface area contributed by atoms with Gasteiger partial charge in [0, 0.05) is 17.1 Å². The van der Waals surface area contributed by atoms with Gasteiger partial charge in [-0.15, -0.1) is 12.4 Å². The van der Waals surface area contributed by atoms with Crippen LogP contribution in [-0.4, -0.2) is 27.6 Å². The van der Waals surface area contributed by atoms with E-state index in [4.69, 9.17) is 22.1 Å². The van der Waals surface area contributed by atoms with Crippen LogP contribution in [0.3, 0.4) is 0 Å². The summed E-state index contributed by atoms with van der Waals surface area (Å²) in [5.41, 5.74) is 5.10. The van der Waals surface area contributed by atoms with E-state index < -0.39 is 15.6 Å². The second-order valence-corrected chi connectivity index (χ2v) is 6.78. The Labute approximate surface area is 124 Å². The summed E-state index contributed by atoms with van der Waals surface area (Å²) in [5.74, 6) is 0.238. The van der Waals surface area contributed by atoms with Gasteiger partial charge in [0.05, 0.1) is 7.11 Å². The zero-order valence-electron chi connectivity index (χ0n) is 10.9. The van der Waals surface area contributed by atoms with E-state index in [0.717, 1.165) is 0 Å². The third-order valence-electron chi connectivity index (χ3n) is 2.13. The minimum absolute atomic E-state index is 0. The lowest BCUT2D eigenvalue weighted by Gasteiger charge is -2.19. The van der Waals surface area contributed by atoms with Crippen LogP contribution < -0.4 is 15.2 Å². The van der Waals surface area contributed by atoms with Gasteiger partial charge in [0.1, 0.15) is 10.6 Å². The van der Waals surface area contributed by atoms with Crippen LogP contribution in [0.1, 0.15) is 13.8 Å². The third-order valence-corrected chi connectivity index (χ3v) is 3.79. The van der Waals surface area contributed by atoms with Crippen LogP contribution in [0.2, 0.25) is 5.02 Å². The summed E-state index contributed by atoms with van der Waals surface area (Å²) < 4.78 is 31.6. The van der Waals surface area contributed by atoms with E-state index in [1.54, 1.807) is 19.9 Å². The minimum atomic E-state index is -3.70.